The number of benzene rings is 2. The van der Waals surface area contributed by atoms with Crippen LogP contribution in [0.25, 0.3) is 0 Å². The molecule has 2 N–H and O–H groups in total. The van der Waals surface area contributed by atoms with Crippen molar-refractivity contribution >= 4 is 34.7 Å². The van der Waals surface area contributed by atoms with Gasteiger partial charge in [0.2, 0.25) is 11.8 Å². The van der Waals surface area contributed by atoms with Crippen LogP contribution in [0, 0.1) is 5.41 Å². The SMILES string of the molecule is CCN(CC)c1ccc(NC(=O)C2(C(=O)Nc3cccc(C(C)=O)c3)CC2)cc1. The van der Waals surface area contributed by atoms with Gasteiger partial charge in [0.25, 0.3) is 0 Å². The molecule has 6 nitrogen and oxygen atoms in total. The lowest BCUT2D eigenvalue weighted by molar-refractivity contribution is -0.131. The summed E-state index contributed by atoms with van der Waals surface area (Å²) in [7, 11) is 0. The molecule has 152 valence electrons. The number of carbonyl (C=O) groups excluding carboxylic acids is 3. The molecule has 0 aromatic heterocycles. The average molecular weight is 393 g/mol. The summed E-state index contributed by atoms with van der Waals surface area (Å²) in [4.78, 5) is 39.3. The number of ketones is 1. The van der Waals surface area contributed by atoms with Crippen LogP contribution in [0.5, 0.6) is 0 Å². The van der Waals surface area contributed by atoms with Crippen LogP contribution in [0.1, 0.15) is 44.0 Å². The van der Waals surface area contributed by atoms with Crippen molar-refractivity contribution in [3.05, 3.63) is 54.1 Å². The maximum Gasteiger partial charge on any atom is 0.240 e. The highest BCUT2D eigenvalue weighted by molar-refractivity contribution is 6.17. The highest BCUT2D eigenvalue weighted by Gasteiger charge is 2.56. The first kappa shape index (κ1) is 20.6. The van der Waals surface area contributed by atoms with Crippen molar-refractivity contribution in [3.63, 3.8) is 0 Å². The highest BCUT2D eigenvalue weighted by Crippen LogP contribution is 2.47. The van der Waals surface area contributed by atoms with Gasteiger partial charge in [-0.25, -0.2) is 0 Å². The van der Waals surface area contributed by atoms with E-state index in [0.29, 0.717) is 29.8 Å². The van der Waals surface area contributed by atoms with Crippen molar-refractivity contribution in [2.45, 2.75) is 33.6 Å². The molecule has 0 bridgehead atoms. The lowest BCUT2D eigenvalue weighted by atomic mass is 10.0. The van der Waals surface area contributed by atoms with Gasteiger partial charge < -0.3 is 15.5 Å². The second kappa shape index (κ2) is 8.47. The van der Waals surface area contributed by atoms with Crippen molar-refractivity contribution in [3.8, 4) is 0 Å². The Morgan fingerprint density at radius 1 is 0.897 bits per heavy atom. The van der Waals surface area contributed by atoms with Crippen LogP contribution in [-0.4, -0.2) is 30.7 Å². The van der Waals surface area contributed by atoms with Gasteiger partial charge in [0, 0.05) is 35.7 Å². The van der Waals surface area contributed by atoms with E-state index in [1.807, 2.05) is 24.3 Å². The van der Waals surface area contributed by atoms with Gasteiger partial charge in [-0.15, -0.1) is 0 Å². The predicted molar refractivity (Wildman–Crippen MR) is 115 cm³/mol. The standard InChI is InChI=1S/C23H27N3O3/c1-4-26(5-2)20-11-9-18(10-12-20)24-21(28)23(13-14-23)22(29)25-19-8-6-7-17(15-19)16(3)27/h6-12,15H,4-5,13-14H2,1-3H3,(H,24,28)(H,25,29). The molecule has 0 atom stereocenters. The molecule has 1 saturated carbocycles. The Bertz CT molecular complexity index is 913. The van der Waals surface area contributed by atoms with Crippen molar-refractivity contribution in [1.82, 2.24) is 0 Å². The fourth-order valence-corrected chi connectivity index (χ4v) is 3.34. The molecule has 6 heteroatoms. The topological polar surface area (TPSA) is 78.5 Å². The Hall–Kier alpha value is -3.15. The van der Waals surface area contributed by atoms with Crippen molar-refractivity contribution in [2.75, 3.05) is 28.6 Å². The van der Waals surface area contributed by atoms with Crippen LogP contribution < -0.4 is 15.5 Å². The zero-order chi connectivity index (χ0) is 21.0. The van der Waals surface area contributed by atoms with E-state index in [4.69, 9.17) is 0 Å². The summed E-state index contributed by atoms with van der Waals surface area (Å²) < 4.78 is 0. The molecule has 0 spiro atoms. The van der Waals surface area contributed by atoms with Gasteiger partial charge >= 0.3 is 0 Å². The fourth-order valence-electron chi connectivity index (χ4n) is 3.34. The van der Waals surface area contributed by atoms with Crippen LogP contribution in [0.15, 0.2) is 48.5 Å². The molecule has 2 aromatic rings. The Kier molecular flexibility index (Phi) is 6.01. The van der Waals surface area contributed by atoms with Crippen molar-refractivity contribution < 1.29 is 14.4 Å². The van der Waals surface area contributed by atoms with E-state index >= 15 is 0 Å². The maximum atomic E-state index is 12.8. The summed E-state index contributed by atoms with van der Waals surface area (Å²) >= 11 is 0. The van der Waals surface area contributed by atoms with E-state index in [2.05, 4.69) is 29.4 Å². The zero-order valence-electron chi connectivity index (χ0n) is 17.1. The summed E-state index contributed by atoms with van der Waals surface area (Å²) in [6.45, 7) is 7.50. The van der Waals surface area contributed by atoms with Gasteiger partial charge in [-0.1, -0.05) is 12.1 Å². The van der Waals surface area contributed by atoms with Crippen LogP contribution in [-0.2, 0) is 9.59 Å². The van der Waals surface area contributed by atoms with Gasteiger partial charge in [0.15, 0.2) is 5.78 Å². The molecule has 29 heavy (non-hydrogen) atoms. The summed E-state index contributed by atoms with van der Waals surface area (Å²) in [6, 6.07) is 14.4. The first-order valence-corrected chi connectivity index (χ1v) is 9.98. The molecule has 0 heterocycles. The summed E-state index contributed by atoms with van der Waals surface area (Å²) in [6.07, 6.45) is 1.02. The maximum absolute atomic E-state index is 12.8. The molecule has 2 amide bonds. The number of amides is 2. The number of Topliss-reactive ketones (excluding diaryl/α,β-unsaturated/α-hetero) is 1. The lowest BCUT2D eigenvalue weighted by Gasteiger charge is -2.21. The Morgan fingerprint density at radius 3 is 2.00 bits per heavy atom. The third-order valence-electron chi connectivity index (χ3n) is 5.40. The van der Waals surface area contributed by atoms with E-state index in [1.165, 1.54) is 6.92 Å². The van der Waals surface area contributed by atoms with E-state index in [0.717, 1.165) is 18.8 Å². The van der Waals surface area contributed by atoms with Crippen molar-refractivity contribution in [1.29, 1.82) is 0 Å². The molecule has 1 aliphatic rings. The van der Waals surface area contributed by atoms with Crippen LogP contribution in [0.2, 0.25) is 0 Å². The van der Waals surface area contributed by atoms with Gasteiger partial charge in [0.1, 0.15) is 5.41 Å². The molecule has 0 radical (unpaired) electrons. The van der Waals surface area contributed by atoms with Gasteiger partial charge in [0.05, 0.1) is 0 Å². The number of anilines is 3. The number of carbonyl (C=O) groups is 3. The molecule has 0 saturated heterocycles. The molecule has 0 aliphatic heterocycles. The van der Waals surface area contributed by atoms with Crippen molar-refractivity contribution in [2.24, 2.45) is 5.41 Å². The van der Waals surface area contributed by atoms with Crippen LogP contribution in [0.3, 0.4) is 0 Å². The minimum absolute atomic E-state index is 0.0758. The second-order valence-corrected chi connectivity index (χ2v) is 7.35. The van der Waals surface area contributed by atoms with E-state index < -0.39 is 5.41 Å². The number of rotatable bonds is 8. The third kappa shape index (κ3) is 4.47. The van der Waals surface area contributed by atoms with E-state index in [9.17, 15) is 14.4 Å². The van der Waals surface area contributed by atoms with Gasteiger partial charge in [-0.05, 0) is 70.0 Å². The van der Waals surface area contributed by atoms with E-state index in [-0.39, 0.29) is 17.6 Å². The van der Waals surface area contributed by atoms with Crippen LogP contribution >= 0.6 is 0 Å². The molecule has 2 aromatic carbocycles. The largest absolute Gasteiger partial charge is 0.372 e. The molecule has 0 unspecified atom stereocenters. The Labute approximate surface area is 171 Å². The highest BCUT2D eigenvalue weighted by atomic mass is 16.2. The fraction of sp³-hybridized carbons (Fsp3) is 0.348. The lowest BCUT2D eigenvalue weighted by Crippen LogP contribution is -2.35. The number of nitrogens with one attached hydrogen (secondary N) is 2. The summed E-state index contributed by atoms with van der Waals surface area (Å²) in [5.74, 6) is -0.711. The number of nitrogens with zero attached hydrogens (tertiary/aromatic N) is 1. The Balaban J connectivity index is 1.66. The van der Waals surface area contributed by atoms with Crippen LogP contribution in [0.4, 0.5) is 17.1 Å². The zero-order valence-corrected chi connectivity index (χ0v) is 17.1. The van der Waals surface area contributed by atoms with E-state index in [1.54, 1.807) is 24.3 Å². The quantitative estimate of drug-likeness (QED) is 0.523. The number of hydrogen-bond acceptors (Lipinski definition) is 4. The second-order valence-electron chi connectivity index (χ2n) is 7.35. The number of hydrogen-bond donors (Lipinski definition) is 2. The predicted octanol–water partition coefficient (Wildman–Crippen LogP) is 4.09. The first-order valence-electron chi connectivity index (χ1n) is 9.98. The average Bonchev–Trinajstić information content (AvgIpc) is 3.52. The molecule has 1 aliphatic carbocycles. The monoisotopic (exact) mass is 393 g/mol. The minimum Gasteiger partial charge on any atom is -0.372 e. The van der Waals surface area contributed by atoms with Gasteiger partial charge in [-0.2, -0.15) is 0 Å². The minimum atomic E-state index is -1.05. The Morgan fingerprint density at radius 2 is 1.48 bits per heavy atom. The summed E-state index contributed by atoms with van der Waals surface area (Å²) in [5.41, 5.74) is 1.75. The molecule has 3 rings (SSSR count). The third-order valence-corrected chi connectivity index (χ3v) is 5.40. The molecule has 1 fully saturated rings. The smallest absolute Gasteiger partial charge is 0.240 e. The van der Waals surface area contributed by atoms with Gasteiger partial charge in [-0.3, -0.25) is 14.4 Å². The first-order chi connectivity index (χ1) is 13.9. The normalized spacial score (nSPS) is 14.0. The molecular formula is C23H27N3O3. The molecular weight excluding hydrogens is 366 g/mol. The summed E-state index contributed by atoms with van der Waals surface area (Å²) in [5, 5.41) is 5.66.